The number of anilines is 1. The number of carboxylic acids is 1. The predicted molar refractivity (Wildman–Crippen MR) is 167 cm³/mol. The number of methoxy groups -OCH3 is 1. The van der Waals surface area contributed by atoms with Gasteiger partial charge in [-0.25, -0.2) is 18.6 Å². The van der Waals surface area contributed by atoms with E-state index in [9.17, 15) is 33.4 Å². The number of carboxylic acid groups (broad SMARTS) is 1. The Morgan fingerprint density at radius 2 is 1.49 bits per heavy atom. The molecule has 0 aliphatic carbocycles. The fourth-order valence-electron chi connectivity index (χ4n) is 5.40. The van der Waals surface area contributed by atoms with Gasteiger partial charge in [-0.1, -0.05) is 24.3 Å². The molecule has 244 valence electrons. The number of ether oxygens (including phenoxy) is 1. The van der Waals surface area contributed by atoms with Gasteiger partial charge in [-0.15, -0.1) is 0 Å². The summed E-state index contributed by atoms with van der Waals surface area (Å²) in [7, 11) is 1.24. The van der Waals surface area contributed by atoms with Crippen LogP contribution in [0.3, 0.4) is 0 Å². The third kappa shape index (κ3) is 9.33. The number of carbonyl (C=O) groups is 3. The number of benzene rings is 2. The van der Waals surface area contributed by atoms with E-state index in [1.54, 1.807) is 16.7 Å². The van der Waals surface area contributed by atoms with Gasteiger partial charge in [0.15, 0.2) is 0 Å². The second kappa shape index (κ2) is 16.8. The van der Waals surface area contributed by atoms with Crippen LogP contribution in [0.15, 0.2) is 66.9 Å². The van der Waals surface area contributed by atoms with Crippen LogP contribution in [0.4, 0.5) is 14.6 Å². The second-order valence-electron chi connectivity index (χ2n) is 11.1. The molecule has 10 nitrogen and oxygen atoms in total. The number of aliphatic carboxylic acids is 1. The third-order valence-corrected chi connectivity index (χ3v) is 7.40. The van der Waals surface area contributed by atoms with E-state index < -0.39 is 48.1 Å². The maximum absolute atomic E-state index is 14.2. The molecule has 4 N–H and O–H groups in total. The molecule has 4 rings (SSSR count). The number of carbonyl (C=O) groups excluding carboxylic acids is 2. The summed E-state index contributed by atoms with van der Waals surface area (Å²) >= 11 is 0. The molecule has 1 amide bonds. The van der Waals surface area contributed by atoms with Crippen LogP contribution in [-0.2, 0) is 16.0 Å². The monoisotopic (exact) mass is 659 g/mol. The number of amides is 1. The predicted octanol–water partition coefficient (Wildman–Crippen LogP) is 2.75. The summed E-state index contributed by atoms with van der Waals surface area (Å²) in [6.45, 7) is 3.72. The van der Waals surface area contributed by atoms with E-state index in [1.165, 1.54) is 61.8 Å². The minimum absolute atomic E-state index is 0. The maximum atomic E-state index is 14.2. The molecule has 0 radical (unpaired) electrons. The zero-order valence-electron chi connectivity index (χ0n) is 27.5. The molecule has 0 saturated heterocycles. The molecular formula is C34H36F2N3NaO7. The first-order chi connectivity index (χ1) is 21.9. The normalized spacial score (nSPS) is 12.3. The second-order valence-corrected chi connectivity index (χ2v) is 11.1. The van der Waals surface area contributed by atoms with Crippen molar-refractivity contribution in [3.63, 3.8) is 0 Å². The van der Waals surface area contributed by atoms with Gasteiger partial charge >= 0.3 is 41.5 Å². The van der Waals surface area contributed by atoms with Crippen LogP contribution in [0.25, 0.3) is 22.3 Å². The van der Waals surface area contributed by atoms with Crippen LogP contribution in [-0.4, -0.2) is 62.0 Å². The van der Waals surface area contributed by atoms with Crippen molar-refractivity contribution in [2.45, 2.75) is 57.8 Å². The van der Waals surface area contributed by atoms with Crippen LogP contribution in [0.1, 0.15) is 67.1 Å². The van der Waals surface area contributed by atoms with Crippen molar-refractivity contribution in [2.24, 2.45) is 0 Å². The van der Waals surface area contributed by atoms with Gasteiger partial charge in [-0.2, -0.15) is 0 Å². The number of halogens is 2. The number of esters is 1. The molecule has 0 spiro atoms. The Morgan fingerprint density at radius 3 is 1.98 bits per heavy atom. The zero-order chi connectivity index (χ0) is 33.5. The Bertz CT molecular complexity index is 1700. The summed E-state index contributed by atoms with van der Waals surface area (Å²) in [5.74, 6) is -3.17. The maximum Gasteiger partial charge on any atom is 1.00 e. The number of aliphatic hydroxyl groups excluding tert-OH is 2. The molecule has 0 aliphatic rings. The fourth-order valence-corrected chi connectivity index (χ4v) is 5.40. The van der Waals surface area contributed by atoms with Crippen LogP contribution in [0.5, 0.6) is 0 Å². The van der Waals surface area contributed by atoms with Crippen molar-refractivity contribution in [3.05, 3.63) is 95.4 Å². The van der Waals surface area contributed by atoms with E-state index in [0.717, 1.165) is 0 Å². The first-order valence-electron chi connectivity index (χ1n) is 14.6. The Labute approximate surface area is 294 Å². The molecule has 0 saturated carbocycles. The van der Waals surface area contributed by atoms with Crippen molar-refractivity contribution >= 4 is 23.7 Å². The van der Waals surface area contributed by atoms with Gasteiger partial charge in [0.05, 0.1) is 31.3 Å². The van der Waals surface area contributed by atoms with Gasteiger partial charge in [0.2, 0.25) is 0 Å². The molecule has 2 aromatic heterocycles. The Kier molecular flexibility index (Phi) is 13.4. The number of rotatable bonds is 13. The number of hydrogen-bond donors (Lipinski definition) is 4. The summed E-state index contributed by atoms with van der Waals surface area (Å²) in [6, 6.07) is 13.9. The number of hydrogen-bond acceptors (Lipinski definition) is 7. The summed E-state index contributed by atoms with van der Waals surface area (Å²) in [4.78, 5) is 41.2. The molecule has 0 fully saturated rings. The molecule has 47 heavy (non-hydrogen) atoms. The van der Waals surface area contributed by atoms with Crippen molar-refractivity contribution in [3.8, 4) is 22.3 Å². The standard InChI is InChI=1S/C34H35F2N3O7.Na.H/c1-19(2)39-27(14-13-25(40)16-26(41)17-29(42)43)30(20-4-9-23(35)10-5-20)31(21-6-11-24(36)12-7-21)32(39)33(44)38-28-15-8-22(18-37-28)34(45)46-3;;/h4-12,15,18-19,25-26,40-41H,13-14,16-17H2,1-3H3,(H,42,43)(H,37,38,44);;/q;+1;-1/t25-,26-;;/m1../s1. The summed E-state index contributed by atoms with van der Waals surface area (Å²) in [5.41, 5.74) is 3.02. The quantitative estimate of drug-likeness (QED) is 0.126. The molecule has 2 heterocycles. The number of aromatic nitrogens is 2. The molecule has 0 unspecified atom stereocenters. The number of nitrogens with one attached hydrogen (secondary N) is 1. The number of aliphatic hydroxyl groups is 2. The summed E-state index contributed by atoms with van der Waals surface area (Å²) in [5, 5.41) is 32.6. The average molecular weight is 660 g/mol. The van der Waals surface area contributed by atoms with E-state index in [1.807, 2.05) is 13.8 Å². The van der Waals surface area contributed by atoms with E-state index in [0.29, 0.717) is 27.9 Å². The van der Waals surface area contributed by atoms with Crippen LogP contribution in [0, 0.1) is 11.6 Å². The van der Waals surface area contributed by atoms with Crippen molar-refractivity contribution in [2.75, 3.05) is 12.4 Å². The van der Waals surface area contributed by atoms with Gasteiger partial charge in [-0.3, -0.25) is 9.59 Å². The first-order valence-corrected chi connectivity index (χ1v) is 14.6. The van der Waals surface area contributed by atoms with Gasteiger partial charge in [0.1, 0.15) is 23.1 Å². The van der Waals surface area contributed by atoms with Gasteiger partial charge in [-0.05, 0) is 80.6 Å². The summed E-state index contributed by atoms with van der Waals surface area (Å²) in [6.07, 6.45) is -1.48. The third-order valence-electron chi connectivity index (χ3n) is 7.40. The molecule has 0 bridgehead atoms. The SMILES string of the molecule is COC(=O)c1ccc(NC(=O)c2c(-c3ccc(F)cc3)c(-c3ccc(F)cc3)c(CC[C@@H](O)C[C@@H](O)CC(=O)O)n2C(C)C)nc1.[H-].[Na+]. The Balaban J connectivity index is 0.00000400. The van der Waals surface area contributed by atoms with Crippen LogP contribution >= 0.6 is 0 Å². The topological polar surface area (TPSA) is 151 Å². The molecule has 0 aliphatic heterocycles. The molecule has 2 aromatic carbocycles. The van der Waals surface area contributed by atoms with Crippen molar-refractivity contribution < 1.29 is 74.2 Å². The molecule has 13 heteroatoms. The Morgan fingerprint density at radius 1 is 0.915 bits per heavy atom. The van der Waals surface area contributed by atoms with Crippen molar-refractivity contribution in [1.29, 1.82) is 0 Å². The van der Waals surface area contributed by atoms with Crippen molar-refractivity contribution in [1.82, 2.24) is 9.55 Å². The number of nitrogens with zero attached hydrogens (tertiary/aromatic N) is 2. The smallest absolute Gasteiger partial charge is 1.00 e. The van der Waals surface area contributed by atoms with Crippen LogP contribution < -0.4 is 34.9 Å². The molecule has 2 atom stereocenters. The van der Waals surface area contributed by atoms with E-state index in [-0.39, 0.29) is 73.4 Å². The first kappa shape index (κ1) is 37.5. The van der Waals surface area contributed by atoms with Gasteiger partial charge < -0.3 is 31.4 Å². The van der Waals surface area contributed by atoms with Crippen LogP contribution in [0.2, 0.25) is 0 Å². The minimum Gasteiger partial charge on any atom is -1.00 e. The molecule has 4 aromatic rings. The van der Waals surface area contributed by atoms with E-state index >= 15 is 0 Å². The van der Waals surface area contributed by atoms with E-state index in [4.69, 9.17) is 9.84 Å². The summed E-state index contributed by atoms with van der Waals surface area (Å²) < 4.78 is 34.7. The minimum atomic E-state index is -1.25. The molecular weight excluding hydrogens is 623 g/mol. The number of pyridine rings is 1. The van der Waals surface area contributed by atoms with E-state index in [2.05, 4.69) is 10.3 Å². The average Bonchev–Trinajstić information content (AvgIpc) is 3.36. The largest absolute Gasteiger partial charge is 1.00 e. The zero-order valence-corrected chi connectivity index (χ0v) is 28.5. The van der Waals surface area contributed by atoms with Gasteiger partial charge in [0, 0.05) is 29.1 Å². The Hall–Kier alpha value is -3.94. The van der Waals surface area contributed by atoms with Gasteiger partial charge in [0.25, 0.3) is 5.91 Å². The fraction of sp³-hybridized carbons (Fsp3) is 0.294.